The number of benzene rings is 2. The second kappa shape index (κ2) is 7.55. The average molecular weight is 331 g/mol. The van der Waals surface area contributed by atoms with Gasteiger partial charge in [0, 0.05) is 17.8 Å². The zero-order chi connectivity index (χ0) is 16.8. The molecular formula is C16H17N3O3S. The van der Waals surface area contributed by atoms with Crippen LogP contribution in [0.15, 0.2) is 42.5 Å². The number of hydrogen-bond donors (Lipinski definition) is 2. The van der Waals surface area contributed by atoms with Gasteiger partial charge in [-0.1, -0.05) is 18.2 Å². The summed E-state index contributed by atoms with van der Waals surface area (Å²) in [5, 5.41) is 17.2. The third-order valence-corrected chi connectivity index (χ3v) is 3.32. The molecule has 0 bridgehead atoms. The number of anilines is 2. The number of aryl methyl sites for hydroxylation is 1. The highest BCUT2D eigenvalue weighted by Gasteiger charge is 2.10. The largest absolute Gasteiger partial charge is 0.492 e. The number of hydrogen-bond acceptors (Lipinski definition) is 4. The fourth-order valence-corrected chi connectivity index (χ4v) is 2.21. The van der Waals surface area contributed by atoms with Crippen LogP contribution < -0.4 is 15.4 Å². The van der Waals surface area contributed by atoms with Gasteiger partial charge in [-0.2, -0.15) is 0 Å². The molecule has 2 N–H and O–H groups in total. The predicted octanol–water partition coefficient (Wildman–Crippen LogP) is 4.11. The van der Waals surface area contributed by atoms with Gasteiger partial charge >= 0.3 is 0 Å². The van der Waals surface area contributed by atoms with Crippen LogP contribution in [0.1, 0.15) is 12.5 Å². The van der Waals surface area contributed by atoms with E-state index in [9.17, 15) is 10.1 Å². The van der Waals surface area contributed by atoms with E-state index in [4.69, 9.17) is 17.0 Å². The van der Waals surface area contributed by atoms with Crippen LogP contribution in [0.2, 0.25) is 0 Å². The first-order chi connectivity index (χ1) is 11.0. The summed E-state index contributed by atoms with van der Waals surface area (Å²) < 4.78 is 5.52. The number of thiocarbonyl (C=S) groups is 1. The van der Waals surface area contributed by atoms with Crippen LogP contribution in [0, 0.1) is 17.0 Å². The summed E-state index contributed by atoms with van der Waals surface area (Å²) >= 11 is 5.28. The molecule has 0 aliphatic rings. The molecular weight excluding hydrogens is 314 g/mol. The molecule has 7 heteroatoms. The first-order valence-electron chi connectivity index (χ1n) is 7.06. The van der Waals surface area contributed by atoms with E-state index in [0.717, 1.165) is 11.3 Å². The minimum atomic E-state index is -0.439. The molecule has 0 aliphatic carbocycles. The summed E-state index contributed by atoms with van der Waals surface area (Å²) in [4.78, 5) is 10.4. The van der Waals surface area contributed by atoms with Crippen molar-refractivity contribution in [3.8, 4) is 5.75 Å². The van der Waals surface area contributed by atoms with Gasteiger partial charge in [-0.25, -0.2) is 0 Å². The summed E-state index contributed by atoms with van der Waals surface area (Å²) in [6.45, 7) is 4.30. The van der Waals surface area contributed by atoms with Gasteiger partial charge in [0.05, 0.1) is 17.2 Å². The van der Waals surface area contributed by atoms with E-state index in [1.165, 1.54) is 12.1 Å². The normalized spacial score (nSPS) is 10.0. The van der Waals surface area contributed by atoms with Crippen LogP contribution in [0.25, 0.3) is 0 Å². The fourth-order valence-electron chi connectivity index (χ4n) is 1.99. The van der Waals surface area contributed by atoms with Crippen LogP contribution in [0.4, 0.5) is 17.1 Å². The second-order valence-electron chi connectivity index (χ2n) is 4.76. The van der Waals surface area contributed by atoms with Crippen LogP contribution in [-0.2, 0) is 0 Å². The number of para-hydroxylation sites is 2. The van der Waals surface area contributed by atoms with Gasteiger partial charge in [0.25, 0.3) is 5.69 Å². The lowest BCUT2D eigenvalue weighted by atomic mass is 10.2. The first-order valence-corrected chi connectivity index (χ1v) is 7.47. The fraction of sp³-hybridized carbons (Fsp3) is 0.188. The highest BCUT2D eigenvalue weighted by Crippen LogP contribution is 2.25. The zero-order valence-corrected chi connectivity index (χ0v) is 13.6. The number of nitrogens with zero attached hydrogens (tertiary/aromatic N) is 1. The molecule has 0 saturated carbocycles. The number of non-ortho nitro benzene ring substituents is 1. The smallest absolute Gasteiger partial charge is 0.271 e. The van der Waals surface area contributed by atoms with E-state index in [2.05, 4.69) is 10.6 Å². The molecule has 0 heterocycles. The molecule has 2 rings (SSSR count). The van der Waals surface area contributed by atoms with Crippen molar-refractivity contribution in [2.24, 2.45) is 0 Å². The van der Waals surface area contributed by atoms with Gasteiger partial charge < -0.3 is 15.4 Å². The molecule has 0 amide bonds. The summed E-state index contributed by atoms with van der Waals surface area (Å²) in [5.41, 5.74) is 2.19. The molecule has 23 heavy (non-hydrogen) atoms. The Balaban J connectivity index is 2.14. The molecule has 0 unspecified atom stereocenters. The van der Waals surface area contributed by atoms with Crippen molar-refractivity contribution < 1.29 is 9.66 Å². The highest BCUT2D eigenvalue weighted by molar-refractivity contribution is 7.80. The van der Waals surface area contributed by atoms with E-state index in [0.29, 0.717) is 23.2 Å². The van der Waals surface area contributed by atoms with Crippen molar-refractivity contribution in [2.75, 3.05) is 17.2 Å². The van der Waals surface area contributed by atoms with Gasteiger partial charge in [-0.15, -0.1) is 0 Å². The molecule has 0 aromatic heterocycles. The van der Waals surface area contributed by atoms with Crippen LogP contribution >= 0.6 is 12.2 Å². The molecule has 0 radical (unpaired) electrons. The Morgan fingerprint density at radius 3 is 2.61 bits per heavy atom. The third kappa shape index (κ3) is 4.40. The Kier molecular flexibility index (Phi) is 5.48. The monoisotopic (exact) mass is 331 g/mol. The SMILES string of the molecule is CCOc1ccccc1NC(=S)Nc1cc([N+](=O)[O-])ccc1C. The molecule has 120 valence electrons. The number of rotatable bonds is 5. The van der Waals surface area contributed by atoms with Crippen molar-refractivity contribution in [2.45, 2.75) is 13.8 Å². The van der Waals surface area contributed by atoms with Crippen molar-refractivity contribution in [1.82, 2.24) is 0 Å². The summed E-state index contributed by atoms with van der Waals surface area (Å²) in [6.07, 6.45) is 0. The van der Waals surface area contributed by atoms with Gasteiger partial charge in [0.1, 0.15) is 5.75 Å². The molecule has 0 atom stereocenters. The molecule has 0 fully saturated rings. The lowest BCUT2D eigenvalue weighted by molar-refractivity contribution is -0.384. The highest BCUT2D eigenvalue weighted by atomic mass is 32.1. The van der Waals surface area contributed by atoms with Crippen molar-refractivity contribution >= 4 is 34.4 Å². The molecule has 2 aromatic rings. The van der Waals surface area contributed by atoms with Gasteiger partial charge in [0.15, 0.2) is 5.11 Å². The Labute approximate surface area is 139 Å². The lowest BCUT2D eigenvalue weighted by Gasteiger charge is -2.15. The number of nitro groups is 1. The Morgan fingerprint density at radius 2 is 1.91 bits per heavy atom. The second-order valence-corrected chi connectivity index (χ2v) is 5.17. The molecule has 2 aromatic carbocycles. The number of nitrogens with one attached hydrogen (secondary N) is 2. The van der Waals surface area contributed by atoms with E-state index in [1.54, 1.807) is 6.07 Å². The summed E-state index contributed by atoms with van der Waals surface area (Å²) in [6, 6.07) is 12.0. The van der Waals surface area contributed by atoms with Gasteiger partial charge in [-0.3, -0.25) is 10.1 Å². The van der Waals surface area contributed by atoms with Crippen molar-refractivity contribution in [3.05, 3.63) is 58.1 Å². The lowest BCUT2D eigenvalue weighted by Crippen LogP contribution is -2.20. The maximum absolute atomic E-state index is 10.9. The van der Waals surface area contributed by atoms with Crippen molar-refractivity contribution in [1.29, 1.82) is 0 Å². The van der Waals surface area contributed by atoms with Gasteiger partial charge in [0.2, 0.25) is 0 Å². The van der Waals surface area contributed by atoms with E-state index >= 15 is 0 Å². The predicted molar refractivity (Wildman–Crippen MR) is 95.3 cm³/mol. The molecule has 0 spiro atoms. The molecule has 0 saturated heterocycles. The number of ether oxygens (including phenoxy) is 1. The Hall–Kier alpha value is -2.67. The van der Waals surface area contributed by atoms with E-state index < -0.39 is 4.92 Å². The Morgan fingerprint density at radius 1 is 1.22 bits per heavy atom. The van der Waals surface area contributed by atoms with Gasteiger partial charge in [-0.05, 0) is 43.8 Å². The van der Waals surface area contributed by atoms with Crippen LogP contribution in [-0.4, -0.2) is 16.6 Å². The Bertz CT molecular complexity index is 734. The quantitative estimate of drug-likeness (QED) is 0.488. The van der Waals surface area contributed by atoms with Crippen LogP contribution in [0.3, 0.4) is 0 Å². The maximum atomic E-state index is 10.9. The topological polar surface area (TPSA) is 76.4 Å². The summed E-state index contributed by atoms with van der Waals surface area (Å²) in [7, 11) is 0. The van der Waals surface area contributed by atoms with Crippen LogP contribution in [0.5, 0.6) is 5.75 Å². The van der Waals surface area contributed by atoms with Crippen molar-refractivity contribution in [3.63, 3.8) is 0 Å². The first kappa shape index (κ1) is 16.7. The third-order valence-electron chi connectivity index (χ3n) is 3.12. The minimum Gasteiger partial charge on any atom is -0.492 e. The maximum Gasteiger partial charge on any atom is 0.271 e. The average Bonchev–Trinajstić information content (AvgIpc) is 2.51. The van der Waals surface area contributed by atoms with E-state index in [-0.39, 0.29) is 5.69 Å². The van der Waals surface area contributed by atoms with E-state index in [1.807, 2.05) is 38.1 Å². The standard InChI is InChI=1S/C16H17N3O3S/c1-3-22-15-7-5-4-6-13(15)17-16(23)18-14-10-12(19(20)21)9-8-11(14)2/h4-10H,3H2,1-2H3,(H2,17,18,23). The molecule has 0 aliphatic heterocycles. The summed E-state index contributed by atoms with van der Waals surface area (Å²) in [5.74, 6) is 0.690. The minimum absolute atomic E-state index is 0.00983. The zero-order valence-electron chi connectivity index (χ0n) is 12.8. The molecule has 6 nitrogen and oxygen atoms in total. The number of nitro benzene ring substituents is 1.